The van der Waals surface area contributed by atoms with Gasteiger partial charge in [-0.1, -0.05) is 17.5 Å². The van der Waals surface area contributed by atoms with E-state index in [1.807, 2.05) is 0 Å². The summed E-state index contributed by atoms with van der Waals surface area (Å²) in [6.07, 6.45) is 6.79. The predicted octanol–water partition coefficient (Wildman–Crippen LogP) is 1.73. The number of sulfonamides is 1. The molecule has 1 rings (SSSR count). The lowest BCUT2D eigenvalue weighted by atomic mass is 10.4. The standard InChI is InChI=1S/C10H11NO2S3/c1-3-8-15-9-4-6-10(7-5-9)16(12,13)11-14-2/h1,4-7,14H,8H2,2H3. The first-order chi connectivity index (χ1) is 7.60. The van der Waals surface area contributed by atoms with Gasteiger partial charge in [-0.25, -0.2) is 0 Å². The van der Waals surface area contributed by atoms with Crippen LogP contribution >= 0.6 is 11.8 Å². The highest BCUT2D eigenvalue weighted by molar-refractivity contribution is 7.99. The SMILES string of the molecule is C#CCSc1ccc(S(=O)(=O)N=[SH]C)cc1. The Morgan fingerprint density at radius 2 is 2.06 bits per heavy atom. The third kappa shape index (κ3) is 3.67. The topological polar surface area (TPSA) is 46.5 Å². The minimum Gasteiger partial charge on any atom is -0.199 e. The first-order valence-corrected chi connectivity index (χ1v) is 8.04. The van der Waals surface area contributed by atoms with Gasteiger partial charge in [-0.2, -0.15) is 8.42 Å². The second kappa shape index (κ2) is 6.09. The molecule has 0 N–H and O–H groups in total. The van der Waals surface area contributed by atoms with E-state index < -0.39 is 10.0 Å². The van der Waals surface area contributed by atoms with E-state index in [9.17, 15) is 8.42 Å². The molecule has 86 valence electrons. The van der Waals surface area contributed by atoms with Crippen molar-refractivity contribution in [3.05, 3.63) is 24.3 Å². The van der Waals surface area contributed by atoms with Crippen molar-refractivity contribution in [1.29, 1.82) is 0 Å². The second-order valence-corrected chi connectivity index (χ2v) is 6.24. The molecule has 0 aliphatic rings. The Hall–Kier alpha value is -0.770. The number of thioether (sulfide) groups is 1. The third-order valence-corrected chi connectivity index (χ3v) is 4.93. The molecule has 3 nitrogen and oxygen atoms in total. The molecule has 0 atom stereocenters. The van der Waals surface area contributed by atoms with Crippen LogP contribution in [0, 0.1) is 12.3 Å². The monoisotopic (exact) mass is 273 g/mol. The molecule has 1 aromatic rings. The predicted molar refractivity (Wildman–Crippen MR) is 70.3 cm³/mol. The zero-order chi connectivity index (χ0) is 12.0. The van der Waals surface area contributed by atoms with Crippen LogP contribution in [0.1, 0.15) is 0 Å². The van der Waals surface area contributed by atoms with Gasteiger partial charge in [0.05, 0.1) is 10.6 Å². The lowest BCUT2D eigenvalue weighted by Crippen LogP contribution is -1.95. The Labute approximate surface area is 104 Å². The molecule has 6 heteroatoms. The first-order valence-electron chi connectivity index (χ1n) is 4.32. The fourth-order valence-electron chi connectivity index (χ4n) is 0.987. The van der Waals surface area contributed by atoms with E-state index in [1.165, 1.54) is 11.8 Å². The lowest BCUT2D eigenvalue weighted by molar-refractivity contribution is 0.598. The van der Waals surface area contributed by atoms with Crippen molar-refractivity contribution < 1.29 is 8.42 Å². The number of nitrogens with zero attached hydrogens (tertiary/aromatic N) is 1. The Balaban J connectivity index is 2.92. The van der Waals surface area contributed by atoms with Gasteiger partial charge in [-0.15, -0.1) is 22.0 Å². The molecule has 0 heterocycles. The van der Waals surface area contributed by atoms with Crippen LogP contribution < -0.4 is 0 Å². The molecule has 0 aromatic heterocycles. The van der Waals surface area contributed by atoms with Crippen molar-refractivity contribution in [3.63, 3.8) is 0 Å². The zero-order valence-electron chi connectivity index (χ0n) is 8.62. The molecule has 0 saturated carbocycles. The van der Waals surface area contributed by atoms with Crippen LogP contribution in [0.5, 0.6) is 0 Å². The Bertz CT molecular complexity index is 512. The molecule has 0 amide bonds. The maximum absolute atomic E-state index is 11.5. The van der Waals surface area contributed by atoms with Gasteiger partial charge in [0.15, 0.2) is 0 Å². The summed E-state index contributed by atoms with van der Waals surface area (Å²) in [6, 6.07) is 6.56. The van der Waals surface area contributed by atoms with E-state index in [2.05, 4.69) is 9.69 Å². The van der Waals surface area contributed by atoms with E-state index in [0.717, 1.165) is 4.90 Å². The highest BCUT2D eigenvalue weighted by Crippen LogP contribution is 2.20. The summed E-state index contributed by atoms with van der Waals surface area (Å²) in [7, 11) is -3.48. The highest BCUT2D eigenvalue weighted by atomic mass is 32.2. The summed E-state index contributed by atoms with van der Waals surface area (Å²) in [5, 5.41) is 0. The zero-order valence-corrected chi connectivity index (χ0v) is 11.1. The summed E-state index contributed by atoms with van der Waals surface area (Å²) >= 11 is 1.97. The van der Waals surface area contributed by atoms with Crippen LogP contribution in [0.4, 0.5) is 0 Å². The van der Waals surface area contributed by atoms with Crippen LogP contribution in [0.2, 0.25) is 0 Å². The van der Waals surface area contributed by atoms with Gasteiger partial charge in [0.2, 0.25) is 0 Å². The third-order valence-electron chi connectivity index (χ3n) is 1.63. The molecule has 0 saturated heterocycles. The highest BCUT2D eigenvalue weighted by Gasteiger charge is 2.10. The Kier molecular flexibility index (Phi) is 5.06. The van der Waals surface area contributed by atoms with Crippen molar-refractivity contribution in [1.82, 2.24) is 0 Å². The molecule has 16 heavy (non-hydrogen) atoms. The molecule has 0 spiro atoms. The van der Waals surface area contributed by atoms with Gasteiger partial charge in [-0.05, 0) is 30.5 Å². The minimum absolute atomic E-state index is 0.215. The molecule has 1 aromatic carbocycles. The number of rotatable bonds is 4. The van der Waals surface area contributed by atoms with E-state index >= 15 is 0 Å². The molecular weight excluding hydrogens is 262 g/mol. The van der Waals surface area contributed by atoms with Crippen LogP contribution in [0.25, 0.3) is 0 Å². The van der Waals surface area contributed by atoms with Gasteiger partial charge in [-0.3, -0.25) is 0 Å². The number of terminal acetylenes is 1. The van der Waals surface area contributed by atoms with Crippen LogP contribution in [0.15, 0.2) is 37.8 Å². The summed E-state index contributed by atoms with van der Waals surface area (Å²) < 4.78 is 26.6. The average molecular weight is 273 g/mol. The largest absolute Gasteiger partial charge is 0.287 e. The number of benzene rings is 1. The number of thiol groups is 1. The van der Waals surface area contributed by atoms with Crippen molar-refractivity contribution >= 4 is 33.3 Å². The van der Waals surface area contributed by atoms with E-state index in [-0.39, 0.29) is 4.90 Å². The van der Waals surface area contributed by atoms with Gasteiger partial charge >= 0.3 is 0 Å². The normalized spacial score (nSPS) is 12.0. The smallest absolute Gasteiger partial charge is 0.199 e. The summed E-state index contributed by atoms with van der Waals surface area (Å²) in [6.45, 7) is 0. The summed E-state index contributed by atoms with van der Waals surface area (Å²) in [5.74, 6) is 3.08. The fourth-order valence-corrected chi connectivity index (χ4v) is 3.28. The van der Waals surface area contributed by atoms with Crippen LogP contribution in [0.3, 0.4) is 0 Å². The van der Waals surface area contributed by atoms with Gasteiger partial charge in [0.25, 0.3) is 10.0 Å². The molecule has 0 aliphatic heterocycles. The first kappa shape index (κ1) is 13.3. The van der Waals surface area contributed by atoms with Gasteiger partial charge in [0.1, 0.15) is 0 Å². The minimum atomic E-state index is -3.48. The number of hydrogen-bond donors (Lipinski definition) is 1. The quantitative estimate of drug-likeness (QED) is 0.516. The van der Waals surface area contributed by atoms with Crippen molar-refractivity contribution in [2.45, 2.75) is 9.79 Å². The van der Waals surface area contributed by atoms with Crippen molar-refractivity contribution in [2.75, 3.05) is 12.0 Å². The molecule has 0 unspecified atom stereocenters. The second-order valence-electron chi connectivity index (χ2n) is 2.72. The molecular formula is C10H11NO2S3. The maximum Gasteiger partial charge on any atom is 0.287 e. The maximum atomic E-state index is 11.5. The lowest BCUT2D eigenvalue weighted by Gasteiger charge is -2.00. The van der Waals surface area contributed by atoms with E-state index in [4.69, 9.17) is 6.42 Å². The van der Waals surface area contributed by atoms with Crippen LogP contribution in [-0.4, -0.2) is 20.4 Å². The molecule has 0 radical (unpaired) electrons. The summed E-state index contributed by atoms with van der Waals surface area (Å²) in [4.78, 5) is 1.16. The number of hydrogen-bond acceptors (Lipinski definition) is 3. The fraction of sp³-hybridized carbons (Fsp3) is 0.200. The van der Waals surface area contributed by atoms with Gasteiger partial charge in [0, 0.05) is 4.90 Å². The van der Waals surface area contributed by atoms with Gasteiger partial charge < -0.3 is 0 Å². The molecule has 0 aliphatic carbocycles. The Morgan fingerprint density at radius 1 is 1.44 bits per heavy atom. The van der Waals surface area contributed by atoms with Crippen molar-refractivity contribution in [3.8, 4) is 12.3 Å². The summed E-state index contributed by atoms with van der Waals surface area (Å²) in [5.41, 5.74) is 0. The van der Waals surface area contributed by atoms with Crippen LogP contribution in [-0.2, 0) is 21.6 Å². The Morgan fingerprint density at radius 3 is 2.56 bits per heavy atom. The molecule has 0 bridgehead atoms. The van der Waals surface area contributed by atoms with E-state index in [0.29, 0.717) is 17.3 Å². The van der Waals surface area contributed by atoms with E-state index in [1.54, 1.807) is 30.5 Å². The van der Waals surface area contributed by atoms with Crippen molar-refractivity contribution in [2.24, 2.45) is 3.77 Å². The molecule has 0 fully saturated rings. The average Bonchev–Trinajstić information content (AvgIpc) is 2.27.